The number of hydrogen-bond acceptors (Lipinski definition) is 3. The lowest BCUT2D eigenvalue weighted by Crippen LogP contribution is -2.46. The van der Waals surface area contributed by atoms with Crippen molar-refractivity contribution in [3.05, 3.63) is 29.3 Å². The number of carbonyl (C=O) groups excluding carboxylic acids is 2. The second-order valence-corrected chi connectivity index (χ2v) is 6.05. The minimum Gasteiger partial charge on any atom is -0.490 e. The normalized spacial score (nSPS) is 25.1. The predicted molar refractivity (Wildman–Crippen MR) is 78.3 cm³/mol. The summed E-state index contributed by atoms with van der Waals surface area (Å²) in [5.41, 5.74) is -0.735. The van der Waals surface area contributed by atoms with Crippen LogP contribution in [-0.4, -0.2) is 35.5 Å². The maximum absolute atomic E-state index is 12.4. The number of urea groups is 1. The third kappa shape index (κ3) is 2.58. The molecule has 1 aromatic carbocycles. The molecule has 1 atom stereocenters. The van der Waals surface area contributed by atoms with Gasteiger partial charge in [0.1, 0.15) is 17.9 Å². The summed E-state index contributed by atoms with van der Waals surface area (Å²) >= 11 is 5.99. The van der Waals surface area contributed by atoms with E-state index in [2.05, 4.69) is 5.32 Å². The Morgan fingerprint density at radius 1 is 1.38 bits per heavy atom. The molecule has 0 bridgehead atoms. The molecule has 2 fully saturated rings. The fourth-order valence-electron chi connectivity index (χ4n) is 2.66. The smallest absolute Gasteiger partial charge is 0.325 e. The van der Waals surface area contributed by atoms with E-state index in [4.69, 9.17) is 16.3 Å². The van der Waals surface area contributed by atoms with E-state index in [9.17, 15) is 9.59 Å². The molecule has 5 nitrogen and oxygen atoms in total. The number of halogens is 1. The molecular formula is C15H17ClN2O3. The molecule has 1 aromatic rings. The molecule has 3 amide bonds. The van der Waals surface area contributed by atoms with Crippen molar-refractivity contribution in [1.82, 2.24) is 10.2 Å². The fraction of sp³-hybridized carbons (Fsp3) is 0.467. The maximum Gasteiger partial charge on any atom is 0.325 e. The summed E-state index contributed by atoms with van der Waals surface area (Å²) < 4.78 is 5.53. The van der Waals surface area contributed by atoms with Gasteiger partial charge in [-0.15, -0.1) is 0 Å². The molecule has 0 radical (unpaired) electrons. The van der Waals surface area contributed by atoms with Crippen LogP contribution in [0.1, 0.15) is 19.8 Å². The van der Waals surface area contributed by atoms with Crippen molar-refractivity contribution in [3.8, 4) is 5.75 Å². The largest absolute Gasteiger partial charge is 0.490 e. The average molecular weight is 309 g/mol. The Balaban J connectivity index is 1.59. The number of nitrogens with one attached hydrogen (secondary N) is 1. The van der Waals surface area contributed by atoms with E-state index in [1.165, 1.54) is 4.90 Å². The highest BCUT2D eigenvalue weighted by molar-refractivity contribution is 6.32. The second-order valence-electron chi connectivity index (χ2n) is 5.64. The number of ether oxygens (including phenoxy) is 1. The molecule has 0 aromatic heterocycles. The van der Waals surface area contributed by atoms with Gasteiger partial charge in [0.05, 0.1) is 11.6 Å². The van der Waals surface area contributed by atoms with Crippen LogP contribution in [0.25, 0.3) is 0 Å². The van der Waals surface area contributed by atoms with E-state index in [-0.39, 0.29) is 31.0 Å². The molecule has 1 saturated carbocycles. The third-order valence-electron chi connectivity index (χ3n) is 4.10. The van der Waals surface area contributed by atoms with Gasteiger partial charge in [-0.1, -0.05) is 23.7 Å². The lowest BCUT2D eigenvalue weighted by atomic mass is 9.96. The van der Waals surface area contributed by atoms with Crippen molar-refractivity contribution in [2.45, 2.75) is 25.3 Å². The van der Waals surface area contributed by atoms with Crippen molar-refractivity contribution in [2.75, 3.05) is 13.2 Å². The lowest BCUT2D eigenvalue weighted by molar-refractivity contribution is -0.131. The van der Waals surface area contributed by atoms with Gasteiger partial charge in [0.15, 0.2) is 0 Å². The van der Waals surface area contributed by atoms with Gasteiger partial charge in [0.25, 0.3) is 5.91 Å². The van der Waals surface area contributed by atoms with E-state index < -0.39 is 5.54 Å². The average Bonchev–Trinajstić information content (AvgIpc) is 3.26. The summed E-state index contributed by atoms with van der Waals surface area (Å²) in [5.74, 6) is 0.664. The summed E-state index contributed by atoms with van der Waals surface area (Å²) in [4.78, 5) is 25.6. The number of nitrogens with zero attached hydrogens (tertiary/aromatic N) is 1. The molecule has 2 aliphatic rings. The number of imide groups is 1. The molecule has 1 heterocycles. The first-order valence-electron chi connectivity index (χ1n) is 7.04. The highest BCUT2D eigenvalue weighted by Crippen LogP contribution is 2.42. The van der Waals surface area contributed by atoms with E-state index in [1.54, 1.807) is 19.1 Å². The highest BCUT2D eigenvalue weighted by atomic mass is 35.5. The first-order valence-corrected chi connectivity index (χ1v) is 7.41. The van der Waals surface area contributed by atoms with Crippen molar-refractivity contribution in [3.63, 3.8) is 0 Å². The molecule has 112 valence electrons. The molecule has 21 heavy (non-hydrogen) atoms. The van der Waals surface area contributed by atoms with Crippen LogP contribution >= 0.6 is 11.6 Å². The third-order valence-corrected chi connectivity index (χ3v) is 4.42. The Morgan fingerprint density at radius 3 is 2.76 bits per heavy atom. The Bertz CT molecular complexity index is 588. The van der Waals surface area contributed by atoms with Crippen LogP contribution in [0.15, 0.2) is 24.3 Å². The summed E-state index contributed by atoms with van der Waals surface area (Å²) in [5, 5.41) is 3.32. The van der Waals surface area contributed by atoms with Crippen LogP contribution in [0.2, 0.25) is 5.02 Å². The number of carbonyl (C=O) groups is 2. The molecule has 1 aliphatic carbocycles. The van der Waals surface area contributed by atoms with Crippen molar-refractivity contribution in [2.24, 2.45) is 5.92 Å². The fourth-order valence-corrected chi connectivity index (χ4v) is 2.86. The molecular weight excluding hydrogens is 292 g/mol. The zero-order valence-corrected chi connectivity index (χ0v) is 12.5. The minimum atomic E-state index is -0.735. The van der Waals surface area contributed by atoms with Gasteiger partial charge >= 0.3 is 6.03 Å². The number of amides is 3. The lowest BCUT2D eigenvalue weighted by Gasteiger charge is -2.21. The zero-order valence-electron chi connectivity index (χ0n) is 11.8. The molecule has 1 saturated heterocycles. The molecule has 3 rings (SSSR count). The second kappa shape index (κ2) is 5.22. The summed E-state index contributed by atoms with van der Waals surface area (Å²) in [6.45, 7) is 2.25. The topological polar surface area (TPSA) is 58.6 Å². The molecule has 1 unspecified atom stereocenters. The van der Waals surface area contributed by atoms with Gasteiger partial charge in [0.2, 0.25) is 0 Å². The van der Waals surface area contributed by atoms with Crippen LogP contribution in [0.4, 0.5) is 4.79 Å². The first-order chi connectivity index (χ1) is 10.0. The van der Waals surface area contributed by atoms with Gasteiger partial charge in [0, 0.05) is 0 Å². The zero-order chi connectivity index (χ0) is 15.0. The SMILES string of the molecule is CC1(C2CC2)NC(=O)N(CCOc2ccccc2Cl)C1=O. The minimum absolute atomic E-state index is 0.155. The number of rotatable bonds is 5. The Labute approximate surface area is 128 Å². The summed E-state index contributed by atoms with van der Waals surface area (Å²) in [6.07, 6.45) is 1.99. The van der Waals surface area contributed by atoms with Crippen LogP contribution in [-0.2, 0) is 4.79 Å². The molecule has 6 heteroatoms. The summed E-state index contributed by atoms with van der Waals surface area (Å²) in [6, 6.07) is 6.78. The van der Waals surface area contributed by atoms with Crippen LogP contribution in [0.5, 0.6) is 5.75 Å². The molecule has 0 spiro atoms. The standard InChI is InChI=1S/C15H17ClN2O3/c1-15(10-6-7-10)13(19)18(14(20)17-15)8-9-21-12-5-3-2-4-11(12)16/h2-5,10H,6-9H2,1H3,(H,17,20). The number of benzene rings is 1. The molecule has 1 aliphatic heterocycles. The summed E-state index contributed by atoms with van der Waals surface area (Å²) in [7, 11) is 0. The van der Waals surface area contributed by atoms with Crippen molar-refractivity contribution in [1.29, 1.82) is 0 Å². The quantitative estimate of drug-likeness (QED) is 0.850. The monoisotopic (exact) mass is 308 g/mol. The molecule has 1 N–H and O–H groups in total. The highest BCUT2D eigenvalue weighted by Gasteiger charge is 2.55. The Morgan fingerprint density at radius 2 is 2.10 bits per heavy atom. The Kier molecular flexibility index (Phi) is 3.53. The van der Waals surface area contributed by atoms with Crippen molar-refractivity contribution < 1.29 is 14.3 Å². The van der Waals surface area contributed by atoms with Gasteiger partial charge in [-0.2, -0.15) is 0 Å². The van der Waals surface area contributed by atoms with Gasteiger partial charge in [-0.05, 0) is 37.8 Å². The van der Waals surface area contributed by atoms with Crippen LogP contribution in [0, 0.1) is 5.92 Å². The van der Waals surface area contributed by atoms with E-state index in [1.807, 2.05) is 12.1 Å². The maximum atomic E-state index is 12.4. The number of para-hydroxylation sites is 1. The van der Waals surface area contributed by atoms with Crippen LogP contribution < -0.4 is 10.1 Å². The first kappa shape index (κ1) is 14.2. The van der Waals surface area contributed by atoms with E-state index >= 15 is 0 Å². The Hall–Kier alpha value is -1.75. The van der Waals surface area contributed by atoms with Crippen LogP contribution in [0.3, 0.4) is 0 Å². The van der Waals surface area contributed by atoms with Gasteiger partial charge in [-0.3, -0.25) is 9.69 Å². The predicted octanol–water partition coefficient (Wildman–Crippen LogP) is 2.44. The van der Waals surface area contributed by atoms with E-state index in [0.717, 1.165) is 12.8 Å². The number of hydrogen-bond donors (Lipinski definition) is 1. The van der Waals surface area contributed by atoms with E-state index in [0.29, 0.717) is 10.8 Å². The van der Waals surface area contributed by atoms with Gasteiger partial charge in [-0.25, -0.2) is 4.79 Å². The van der Waals surface area contributed by atoms with Crippen molar-refractivity contribution >= 4 is 23.5 Å². The van der Waals surface area contributed by atoms with Gasteiger partial charge < -0.3 is 10.1 Å².